The lowest BCUT2D eigenvalue weighted by molar-refractivity contribution is -0.152. The quantitative estimate of drug-likeness (QED) is 0.484. The van der Waals surface area contributed by atoms with Gasteiger partial charge in [-0.15, -0.1) is 16.9 Å². The number of aromatic nitrogens is 3. The zero-order valence-corrected chi connectivity index (χ0v) is 19.9. The first-order valence-corrected chi connectivity index (χ1v) is 12.4. The number of ether oxygens (including phenoxy) is 1. The van der Waals surface area contributed by atoms with E-state index in [1.54, 1.807) is 15.7 Å². The summed E-state index contributed by atoms with van der Waals surface area (Å²) < 4.78 is 5.42. The van der Waals surface area contributed by atoms with E-state index in [1.165, 1.54) is 16.7 Å². The van der Waals surface area contributed by atoms with E-state index in [9.17, 15) is 19.5 Å². The van der Waals surface area contributed by atoms with Gasteiger partial charge in [0.25, 0.3) is 0 Å². The molecule has 1 unspecified atom stereocenters. The summed E-state index contributed by atoms with van der Waals surface area (Å²) in [7, 11) is 0. The summed E-state index contributed by atoms with van der Waals surface area (Å²) in [5.41, 5.74) is 1.53. The van der Waals surface area contributed by atoms with Crippen molar-refractivity contribution in [2.45, 2.75) is 29.1 Å². The maximum Gasteiger partial charge on any atom is 0.311 e. The van der Waals surface area contributed by atoms with Gasteiger partial charge < -0.3 is 19.6 Å². The number of fused-ring (bicyclic) bond motifs is 3. The molecule has 1 aromatic carbocycles. The molecular weight excluding hydrogens is 470 g/mol. The molecule has 11 heteroatoms. The summed E-state index contributed by atoms with van der Waals surface area (Å²) in [5.74, 6) is -2.47. The fourth-order valence-electron chi connectivity index (χ4n) is 6.06. The van der Waals surface area contributed by atoms with Crippen molar-refractivity contribution in [3.05, 3.63) is 48.6 Å². The lowest BCUT2D eigenvalue weighted by Gasteiger charge is -2.36. The van der Waals surface area contributed by atoms with E-state index in [-0.39, 0.29) is 38.2 Å². The third-order valence-corrected chi connectivity index (χ3v) is 9.26. The van der Waals surface area contributed by atoms with Crippen molar-refractivity contribution in [3.63, 3.8) is 0 Å². The average Bonchev–Trinajstić information content (AvgIpc) is 3.35. The highest BCUT2D eigenvalue weighted by Crippen LogP contribution is 2.65. The van der Waals surface area contributed by atoms with Crippen molar-refractivity contribution < 1.29 is 24.2 Å². The Morgan fingerprint density at radius 2 is 1.97 bits per heavy atom. The number of hydrogen-bond acceptors (Lipinski definition) is 8. The molecule has 0 radical (unpaired) electrons. The molecule has 2 fully saturated rings. The highest BCUT2D eigenvalue weighted by atomic mass is 32.2. The number of carbonyl (C=O) groups is 3. The first-order valence-electron chi connectivity index (χ1n) is 11.6. The third-order valence-electron chi connectivity index (χ3n) is 7.46. The van der Waals surface area contributed by atoms with Crippen LogP contribution in [0.3, 0.4) is 0 Å². The summed E-state index contributed by atoms with van der Waals surface area (Å²) in [6.07, 6.45) is 7.57. The van der Waals surface area contributed by atoms with Crippen molar-refractivity contribution in [1.82, 2.24) is 24.8 Å². The van der Waals surface area contributed by atoms with Crippen LogP contribution >= 0.6 is 11.8 Å². The zero-order valence-electron chi connectivity index (χ0n) is 19.1. The molecule has 5 atom stereocenters. The summed E-state index contributed by atoms with van der Waals surface area (Å²) >= 11 is 1.48. The van der Waals surface area contributed by atoms with Crippen LogP contribution < -0.4 is 0 Å². The summed E-state index contributed by atoms with van der Waals surface area (Å²) in [4.78, 5) is 44.1. The highest BCUT2D eigenvalue weighted by molar-refractivity contribution is 8.02. The van der Waals surface area contributed by atoms with Crippen LogP contribution in [0.25, 0.3) is 11.0 Å². The maximum absolute atomic E-state index is 14.1. The summed E-state index contributed by atoms with van der Waals surface area (Å²) in [5, 5.41) is 18.2. The van der Waals surface area contributed by atoms with E-state index in [4.69, 9.17) is 4.74 Å². The maximum atomic E-state index is 14.1. The van der Waals surface area contributed by atoms with Crippen LogP contribution in [0.2, 0.25) is 0 Å². The Morgan fingerprint density at radius 3 is 2.80 bits per heavy atom. The minimum atomic E-state index is -0.956. The van der Waals surface area contributed by atoms with Crippen LogP contribution in [0.5, 0.6) is 0 Å². The number of aliphatic hydroxyl groups is 1. The Hall–Kier alpha value is -3.18. The van der Waals surface area contributed by atoms with Gasteiger partial charge in [-0.05, 0) is 25.1 Å². The molecule has 35 heavy (non-hydrogen) atoms. The van der Waals surface area contributed by atoms with Gasteiger partial charge in [0, 0.05) is 17.8 Å². The molecule has 0 aliphatic carbocycles. The summed E-state index contributed by atoms with van der Waals surface area (Å²) in [6, 6.07) is 6.64. The zero-order chi connectivity index (χ0) is 24.4. The molecule has 2 aromatic rings. The number of esters is 1. The molecule has 0 saturated carbocycles. The summed E-state index contributed by atoms with van der Waals surface area (Å²) in [6.45, 7) is 2.30. The number of cyclic esters (lactones) is 1. The largest absolute Gasteiger partial charge is 0.461 e. The van der Waals surface area contributed by atoms with E-state index in [2.05, 4.69) is 10.3 Å². The molecular formula is C24H25N5O5S. The molecule has 1 aromatic heterocycles. The molecule has 182 valence electrons. The topological polar surface area (TPSA) is 118 Å². The molecule has 0 bridgehead atoms. The number of nitrogens with zero attached hydrogens (tertiary/aromatic N) is 5. The van der Waals surface area contributed by atoms with Crippen molar-refractivity contribution >= 4 is 40.6 Å². The van der Waals surface area contributed by atoms with Gasteiger partial charge in [0.05, 0.1) is 28.7 Å². The van der Waals surface area contributed by atoms with E-state index in [1.807, 2.05) is 49.4 Å². The Kier molecular flexibility index (Phi) is 5.05. The van der Waals surface area contributed by atoms with Gasteiger partial charge in [-0.1, -0.05) is 35.6 Å². The van der Waals surface area contributed by atoms with Gasteiger partial charge >= 0.3 is 5.97 Å². The van der Waals surface area contributed by atoms with Crippen molar-refractivity contribution in [1.29, 1.82) is 0 Å². The van der Waals surface area contributed by atoms with Crippen LogP contribution in [0.15, 0.2) is 48.6 Å². The molecule has 5 heterocycles. The molecule has 2 amide bonds. The van der Waals surface area contributed by atoms with E-state index >= 15 is 0 Å². The van der Waals surface area contributed by atoms with E-state index in [0.29, 0.717) is 6.54 Å². The lowest BCUT2D eigenvalue weighted by Crippen LogP contribution is -2.54. The van der Waals surface area contributed by atoms with Gasteiger partial charge in [-0.25, -0.2) is 4.68 Å². The third kappa shape index (κ3) is 3.10. The fraction of sp³-hybridized carbons (Fsp3) is 0.458. The van der Waals surface area contributed by atoms with Gasteiger partial charge in [0.15, 0.2) is 0 Å². The number of likely N-dealkylation sites (tertiary alicyclic amines) is 1. The Balaban J connectivity index is 1.42. The smallest absolute Gasteiger partial charge is 0.311 e. The standard InChI is InChI=1S/C24H25N5O5S/c1-23-8-5-13-34-22(33)18(23)17-20(31)28(11-12-30)19-21(32)27(10-4-9-24(17,19)35-23)14-29-16-7-3-2-6-15(16)25-26-29/h2-9,17-19,30H,10-14H2,1H3/t17-,18-,19?,23+,24-/m0/s1. The highest BCUT2D eigenvalue weighted by Gasteiger charge is 2.74. The minimum absolute atomic E-state index is 0.0102. The van der Waals surface area contributed by atoms with E-state index < -0.39 is 33.3 Å². The predicted molar refractivity (Wildman–Crippen MR) is 127 cm³/mol. The predicted octanol–water partition coefficient (Wildman–Crippen LogP) is 0.580. The Bertz CT molecular complexity index is 1290. The number of rotatable bonds is 4. The lowest BCUT2D eigenvalue weighted by atomic mass is 9.75. The van der Waals surface area contributed by atoms with Crippen LogP contribution in [0.4, 0.5) is 0 Å². The number of hydrogen-bond donors (Lipinski definition) is 1. The van der Waals surface area contributed by atoms with Gasteiger partial charge in [0.2, 0.25) is 11.8 Å². The number of thioether (sulfide) groups is 1. The first kappa shape index (κ1) is 22.3. The van der Waals surface area contributed by atoms with Crippen LogP contribution in [-0.4, -0.2) is 89.5 Å². The molecule has 1 N–H and O–H groups in total. The molecule has 4 aliphatic heterocycles. The number of β-amino-alcohol motifs (C(OH)–C–C–N with tert-alkyl or cyclic N) is 1. The van der Waals surface area contributed by atoms with Gasteiger partial charge in [0.1, 0.15) is 24.8 Å². The molecule has 1 spiro atoms. The van der Waals surface area contributed by atoms with Crippen molar-refractivity contribution in [2.75, 3.05) is 26.3 Å². The normalized spacial score (nSPS) is 34.0. The van der Waals surface area contributed by atoms with Gasteiger partial charge in [-0.3, -0.25) is 14.4 Å². The SMILES string of the molecule is C[C@@]12C=CCOC(=O)[C@@H]1[C@H]1C(=O)N(CCO)C3C(=O)N(Cn4nnc5ccccc54)CC=C[C@@]31S2. The Morgan fingerprint density at radius 1 is 1.14 bits per heavy atom. The van der Waals surface area contributed by atoms with Crippen LogP contribution in [0, 0.1) is 11.8 Å². The molecule has 10 nitrogen and oxygen atoms in total. The molecule has 2 saturated heterocycles. The second-order valence-corrected chi connectivity index (χ2v) is 11.3. The fourth-order valence-corrected chi connectivity index (χ4v) is 8.21. The molecule has 4 aliphatic rings. The second kappa shape index (κ2) is 7.92. The number of aliphatic hydroxyl groups excluding tert-OH is 1. The van der Waals surface area contributed by atoms with Gasteiger partial charge in [-0.2, -0.15) is 0 Å². The first-order chi connectivity index (χ1) is 16.9. The van der Waals surface area contributed by atoms with Crippen molar-refractivity contribution in [2.24, 2.45) is 11.8 Å². The second-order valence-electron chi connectivity index (χ2n) is 9.47. The molecule has 6 rings (SSSR count). The monoisotopic (exact) mass is 495 g/mol. The van der Waals surface area contributed by atoms with Crippen molar-refractivity contribution in [3.8, 4) is 0 Å². The van der Waals surface area contributed by atoms with E-state index in [0.717, 1.165) is 11.0 Å². The van der Waals surface area contributed by atoms with Crippen LogP contribution in [0.1, 0.15) is 6.92 Å². The number of amides is 2. The van der Waals surface area contributed by atoms with Crippen LogP contribution in [-0.2, 0) is 25.8 Å². The Labute approximate surface area is 205 Å². The number of para-hydroxylation sites is 1. The number of carbonyl (C=O) groups excluding carboxylic acids is 3. The average molecular weight is 496 g/mol. The number of benzene rings is 1. The minimum Gasteiger partial charge on any atom is -0.461 e.